The van der Waals surface area contributed by atoms with Gasteiger partial charge in [0.05, 0.1) is 13.0 Å². The zero-order chi connectivity index (χ0) is 20.2. The van der Waals surface area contributed by atoms with Crippen molar-refractivity contribution in [2.75, 3.05) is 23.9 Å². The number of benzene rings is 2. The van der Waals surface area contributed by atoms with Crippen LogP contribution in [-0.4, -0.2) is 40.7 Å². The highest BCUT2D eigenvalue weighted by molar-refractivity contribution is 6.03. The number of nitrogens with one attached hydrogen (secondary N) is 2. The zero-order valence-electron chi connectivity index (χ0n) is 16.0. The van der Waals surface area contributed by atoms with E-state index in [0.717, 1.165) is 17.0 Å². The molecule has 0 spiro atoms. The first-order valence-electron chi connectivity index (χ1n) is 9.33. The summed E-state index contributed by atoms with van der Waals surface area (Å²) in [5.74, 6) is 0.877. The number of aromatic nitrogens is 3. The maximum absolute atomic E-state index is 12.6. The Morgan fingerprint density at radius 3 is 2.69 bits per heavy atom. The van der Waals surface area contributed by atoms with Crippen molar-refractivity contribution in [1.29, 1.82) is 0 Å². The number of rotatable bonds is 6. The Hall–Kier alpha value is -3.68. The summed E-state index contributed by atoms with van der Waals surface area (Å²) in [6.45, 7) is 0.345. The fourth-order valence-corrected chi connectivity index (χ4v) is 3.32. The number of H-pyrrole nitrogens is 1. The molecule has 0 aliphatic carbocycles. The molecule has 2 aromatic carbocycles. The smallest absolute Gasteiger partial charge is 0.248 e. The molecule has 1 fully saturated rings. The fraction of sp³-hybridized carbons (Fsp3) is 0.238. The topological polar surface area (TPSA) is 100 Å². The summed E-state index contributed by atoms with van der Waals surface area (Å²) in [7, 11) is 1.62. The van der Waals surface area contributed by atoms with Crippen molar-refractivity contribution in [2.24, 2.45) is 5.92 Å². The first-order chi connectivity index (χ1) is 14.1. The van der Waals surface area contributed by atoms with Crippen LogP contribution in [0, 0.1) is 5.92 Å². The number of para-hydroxylation sites is 1. The van der Waals surface area contributed by atoms with Gasteiger partial charge in [0, 0.05) is 25.1 Å². The van der Waals surface area contributed by atoms with E-state index in [4.69, 9.17) is 4.74 Å². The molecular formula is C21H21N5O3. The summed E-state index contributed by atoms with van der Waals surface area (Å²) in [4.78, 5) is 30.8. The van der Waals surface area contributed by atoms with Crippen LogP contribution in [0.4, 0.5) is 11.6 Å². The third-order valence-corrected chi connectivity index (χ3v) is 4.86. The monoisotopic (exact) mass is 391 g/mol. The highest BCUT2D eigenvalue weighted by Gasteiger charge is 2.35. The van der Waals surface area contributed by atoms with Gasteiger partial charge >= 0.3 is 0 Å². The maximum Gasteiger partial charge on any atom is 0.248 e. The molecule has 1 aliphatic heterocycles. The lowest BCUT2D eigenvalue weighted by Crippen LogP contribution is -2.28. The van der Waals surface area contributed by atoms with Crippen molar-refractivity contribution in [3.63, 3.8) is 0 Å². The highest BCUT2D eigenvalue weighted by atomic mass is 16.5. The lowest BCUT2D eigenvalue weighted by Gasteiger charge is -2.16. The molecule has 0 unspecified atom stereocenters. The molecule has 8 heteroatoms. The van der Waals surface area contributed by atoms with Crippen LogP contribution >= 0.6 is 0 Å². The number of nitrogens with zero attached hydrogens (tertiary/aromatic N) is 3. The third kappa shape index (κ3) is 4.26. The molecule has 1 saturated heterocycles. The SMILES string of the molecule is COc1ccc(Cc2nc(NC(=O)[C@@H]3CC(=O)N(c4ccccc4)C3)n[nH]2)cc1. The van der Waals surface area contributed by atoms with Gasteiger partial charge in [-0.05, 0) is 29.8 Å². The van der Waals surface area contributed by atoms with E-state index in [0.29, 0.717) is 18.8 Å². The average Bonchev–Trinajstić information content (AvgIpc) is 3.35. The number of hydrogen-bond donors (Lipinski definition) is 2. The van der Waals surface area contributed by atoms with Crippen molar-refractivity contribution in [3.8, 4) is 5.75 Å². The van der Waals surface area contributed by atoms with Crippen molar-refractivity contribution in [2.45, 2.75) is 12.8 Å². The second kappa shape index (κ2) is 8.14. The second-order valence-electron chi connectivity index (χ2n) is 6.86. The van der Waals surface area contributed by atoms with Gasteiger partial charge in [0.15, 0.2) is 0 Å². The van der Waals surface area contributed by atoms with Gasteiger partial charge in [0.1, 0.15) is 11.6 Å². The van der Waals surface area contributed by atoms with E-state index >= 15 is 0 Å². The van der Waals surface area contributed by atoms with Crippen molar-refractivity contribution in [1.82, 2.24) is 15.2 Å². The van der Waals surface area contributed by atoms with Crippen LogP contribution in [0.25, 0.3) is 0 Å². The van der Waals surface area contributed by atoms with Crippen LogP contribution in [0.3, 0.4) is 0 Å². The molecule has 3 aromatic rings. The Morgan fingerprint density at radius 1 is 1.21 bits per heavy atom. The lowest BCUT2D eigenvalue weighted by molar-refractivity contribution is -0.122. The molecule has 1 aromatic heterocycles. The van der Waals surface area contributed by atoms with E-state index in [2.05, 4.69) is 20.5 Å². The van der Waals surface area contributed by atoms with E-state index in [9.17, 15) is 9.59 Å². The summed E-state index contributed by atoms with van der Waals surface area (Å²) < 4.78 is 5.15. The van der Waals surface area contributed by atoms with E-state index in [-0.39, 0.29) is 24.2 Å². The minimum atomic E-state index is -0.439. The Labute approximate surface area is 167 Å². The zero-order valence-corrected chi connectivity index (χ0v) is 16.0. The molecule has 0 bridgehead atoms. The summed E-state index contributed by atoms with van der Waals surface area (Å²) in [6.07, 6.45) is 0.723. The summed E-state index contributed by atoms with van der Waals surface area (Å²) in [5.41, 5.74) is 1.84. The van der Waals surface area contributed by atoms with Gasteiger partial charge in [-0.1, -0.05) is 30.3 Å². The molecule has 29 heavy (non-hydrogen) atoms. The lowest BCUT2D eigenvalue weighted by atomic mass is 10.1. The number of aromatic amines is 1. The van der Waals surface area contributed by atoms with Gasteiger partial charge < -0.3 is 9.64 Å². The van der Waals surface area contributed by atoms with Crippen LogP contribution in [0.5, 0.6) is 5.75 Å². The average molecular weight is 391 g/mol. The normalized spacial score (nSPS) is 16.1. The molecule has 2 heterocycles. The van der Waals surface area contributed by atoms with Crippen LogP contribution in [0.15, 0.2) is 54.6 Å². The van der Waals surface area contributed by atoms with Crippen molar-refractivity contribution >= 4 is 23.5 Å². The fourth-order valence-electron chi connectivity index (χ4n) is 3.32. The predicted molar refractivity (Wildman–Crippen MR) is 108 cm³/mol. The quantitative estimate of drug-likeness (QED) is 0.672. The van der Waals surface area contributed by atoms with Gasteiger partial charge in [-0.25, -0.2) is 0 Å². The van der Waals surface area contributed by atoms with E-state index in [1.807, 2.05) is 54.6 Å². The number of amides is 2. The summed E-state index contributed by atoms with van der Waals surface area (Å²) in [6, 6.07) is 17.0. The number of carbonyl (C=O) groups is 2. The van der Waals surface area contributed by atoms with Gasteiger partial charge in [-0.15, -0.1) is 5.10 Å². The van der Waals surface area contributed by atoms with Crippen LogP contribution in [0.1, 0.15) is 17.8 Å². The van der Waals surface area contributed by atoms with Crippen LogP contribution in [-0.2, 0) is 16.0 Å². The molecule has 148 valence electrons. The first-order valence-corrected chi connectivity index (χ1v) is 9.33. The standard InChI is InChI=1S/C21H21N5O3/c1-29-17-9-7-14(8-10-17)11-18-22-21(25-24-18)23-20(28)15-12-19(27)26(13-15)16-5-3-2-4-6-16/h2-10,15H,11-13H2,1H3,(H2,22,23,24,25,28)/t15-/m1/s1. The first kappa shape index (κ1) is 18.7. The van der Waals surface area contributed by atoms with Crippen LogP contribution in [0.2, 0.25) is 0 Å². The highest BCUT2D eigenvalue weighted by Crippen LogP contribution is 2.25. The van der Waals surface area contributed by atoms with Gasteiger partial charge in [0.25, 0.3) is 0 Å². The summed E-state index contributed by atoms with van der Waals surface area (Å²) >= 11 is 0. The Balaban J connectivity index is 1.36. The third-order valence-electron chi connectivity index (χ3n) is 4.86. The summed E-state index contributed by atoms with van der Waals surface area (Å²) in [5, 5.41) is 9.61. The van der Waals surface area contributed by atoms with Gasteiger partial charge in [0.2, 0.25) is 17.8 Å². The number of anilines is 2. The van der Waals surface area contributed by atoms with Crippen molar-refractivity contribution in [3.05, 3.63) is 66.0 Å². The van der Waals surface area contributed by atoms with Crippen molar-refractivity contribution < 1.29 is 14.3 Å². The Morgan fingerprint density at radius 2 is 1.97 bits per heavy atom. The van der Waals surface area contributed by atoms with E-state index < -0.39 is 5.92 Å². The molecule has 4 rings (SSSR count). The van der Waals surface area contributed by atoms with Crippen LogP contribution < -0.4 is 15.0 Å². The van der Waals surface area contributed by atoms with Gasteiger partial charge in [-0.2, -0.15) is 4.98 Å². The number of hydrogen-bond acceptors (Lipinski definition) is 5. The van der Waals surface area contributed by atoms with Gasteiger partial charge in [-0.3, -0.25) is 20.0 Å². The largest absolute Gasteiger partial charge is 0.497 e. The molecule has 2 amide bonds. The predicted octanol–water partition coefficient (Wildman–Crippen LogP) is 2.40. The number of ether oxygens (including phenoxy) is 1. The minimum Gasteiger partial charge on any atom is -0.497 e. The molecule has 1 atom stereocenters. The molecule has 1 aliphatic rings. The molecule has 0 saturated carbocycles. The number of carbonyl (C=O) groups excluding carboxylic acids is 2. The number of methoxy groups -OCH3 is 1. The Kier molecular flexibility index (Phi) is 5.24. The molecule has 0 radical (unpaired) electrons. The molecule has 8 nitrogen and oxygen atoms in total. The molecule has 2 N–H and O–H groups in total. The minimum absolute atomic E-state index is 0.0634. The second-order valence-corrected chi connectivity index (χ2v) is 6.86. The molecular weight excluding hydrogens is 370 g/mol. The Bertz CT molecular complexity index is 1000. The van der Waals surface area contributed by atoms with E-state index in [1.54, 1.807) is 12.0 Å². The van der Waals surface area contributed by atoms with E-state index in [1.165, 1.54) is 0 Å². The maximum atomic E-state index is 12.6.